The van der Waals surface area contributed by atoms with Crippen LogP contribution in [0.5, 0.6) is 0 Å². The van der Waals surface area contributed by atoms with Gasteiger partial charge >= 0.3 is 0 Å². The number of aromatic nitrogens is 2. The lowest BCUT2D eigenvalue weighted by Crippen LogP contribution is -2.12. The SMILES string of the molecule is Cc1cc(-c2ccc(F)cc2NC(O)c2cn(C)nc2C(F)F)ccc1F. The van der Waals surface area contributed by atoms with E-state index in [1.54, 1.807) is 13.0 Å². The topological polar surface area (TPSA) is 50.1 Å². The number of anilines is 1. The largest absolute Gasteiger partial charge is 0.369 e. The summed E-state index contributed by atoms with van der Waals surface area (Å²) in [5.41, 5.74) is 0.976. The van der Waals surface area contributed by atoms with Gasteiger partial charge in [-0.2, -0.15) is 5.10 Å². The molecule has 8 heteroatoms. The molecule has 0 amide bonds. The van der Waals surface area contributed by atoms with Crippen molar-refractivity contribution >= 4 is 5.69 Å². The normalized spacial score (nSPS) is 12.4. The number of halogens is 4. The molecule has 0 radical (unpaired) electrons. The molecule has 2 N–H and O–H groups in total. The van der Waals surface area contributed by atoms with Gasteiger partial charge in [-0.05, 0) is 48.4 Å². The fourth-order valence-corrected chi connectivity index (χ4v) is 2.83. The molecular formula is C19H17F4N3O. The Labute approximate surface area is 153 Å². The van der Waals surface area contributed by atoms with E-state index in [1.165, 1.54) is 37.5 Å². The van der Waals surface area contributed by atoms with Crippen molar-refractivity contribution < 1.29 is 22.7 Å². The second-order valence-electron chi connectivity index (χ2n) is 6.14. The van der Waals surface area contributed by atoms with E-state index in [2.05, 4.69) is 10.4 Å². The van der Waals surface area contributed by atoms with Crippen LogP contribution in [0.3, 0.4) is 0 Å². The predicted molar refractivity (Wildman–Crippen MR) is 93.3 cm³/mol. The molecule has 4 nitrogen and oxygen atoms in total. The molecule has 0 aliphatic carbocycles. The summed E-state index contributed by atoms with van der Waals surface area (Å²) in [7, 11) is 1.46. The number of nitrogens with one attached hydrogen (secondary N) is 1. The van der Waals surface area contributed by atoms with Gasteiger partial charge in [0, 0.05) is 30.1 Å². The van der Waals surface area contributed by atoms with E-state index in [4.69, 9.17) is 0 Å². The van der Waals surface area contributed by atoms with E-state index in [9.17, 15) is 22.7 Å². The number of benzene rings is 2. The molecule has 0 aliphatic rings. The molecular weight excluding hydrogens is 362 g/mol. The number of nitrogens with zero attached hydrogens (tertiary/aromatic N) is 2. The van der Waals surface area contributed by atoms with Crippen LogP contribution < -0.4 is 5.32 Å². The Morgan fingerprint density at radius 3 is 2.52 bits per heavy atom. The zero-order chi connectivity index (χ0) is 19.7. The summed E-state index contributed by atoms with van der Waals surface area (Å²) in [6, 6.07) is 8.20. The van der Waals surface area contributed by atoms with Gasteiger partial charge < -0.3 is 10.4 Å². The third kappa shape index (κ3) is 3.95. The molecule has 1 unspecified atom stereocenters. The second kappa shape index (κ2) is 7.40. The van der Waals surface area contributed by atoms with Crippen LogP contribution >= 0.6 is 0 Å². The van der Waals surface area contributed by atoms with E-state index in [-0.39, 0.29) is 17.1 Å². The Kier molecular flexibility index (Phi) is 5.18. The van der Waals surface area contributed by atoms with Crippen LogP contribution in [0.15, 0.2) is 42.6 Å². The van der Waals surface area contributed by atoms with Crippen molar-refractivity contribution in [1.82, 2.24) is 9.78 Å². The summed E-state index contributed by atoms with van der Waals surface area (Å²) < 4.78 is 54.7. The molecule has 142 valence electrons. The fourth-order valence-electron chi connectivity index (χ4n) is 2.83. The van der Waals surface area contributed by atoms with Gasteiger partial charge in [0.15, 0.2) is 6.23 Å². The van der Waals surface area contributed by atoms with E-state index >= 15 is 0 Å². The minimum atomic E-state index is -2.87. The van der Waals surface area contributed by atoms with Crippen LogP contribution in [-0.2, 0) is 7.05 Å². The Morgan fingerprint density at radius 1 is 1.11 bits per heavy atom. The molecule has 0 bridgehead atoms. The number of hydrogen-bond donors (Lipinski definition) is 2. The van der Waals surface area contributed by atoms with E-state index in [0.717, 1.165) is 10.7 Å². The first kappa shape index (κ1) is 18.9. The minimum absolute atomic E-state index is 0.113. The number of aliphatic hydroxyl groups is 1. The third-order valence-electron chi connectivity index (χ3n) is 4.13. The summed E-state index contributed by atoms with van der Waals surface area (Å²) in [5.74, 6) is -0.958. The minimum Gasteiger partial charge on any atom is -0.369 e. The molecule has 0 aliphatic heterocycles. The van der Waals surface area contributed by atoms with Crippen molar-refractivity contribution in [2.24, 2.45) is 7.05 Å². The molecule has 0 spiro atoms. The average Bonchev–Trinajstić information content (AvgIpc) is 3.00. The number of alkyl halides is 2. The number of aryl methyl sites for hydroxylation is 2. The van der Waals surface area contributed by atoms with E-state index in [0.29, 0.717) is 16.7 Å². The van der Waals surface area contributed by atoms with Gasteiger partial charge in [0.25, 0.3) is 6.43 Å². The maximum Gasteiger partial charge on any atom is 0.282 e. The van der Waals surface area contributed by atoms with Gasteiger partial charge in [-0.15, -0.1) is 0 Å². The molecule has 1 atom stereocenters. The Balaban J connectivity index is 1.99. The highest BCUT2D eigenvalue weighted by Crippen LogP contribution is 2.33. The van der Waals surface area contributed by atoms with Gasteiger partial charge in [-0.1, -0.05) is 6.07 Å². The van der Waals surface area contributed by atoms with Gasteiger partial charge in [0.05, 0.1) is 0 Å². The summed E-state index contributed by atoms with van der Waals surface area (Å²) in [6.07, 6.45) is -3.14. The van der Waals surface area contributed by atoms with Crippen molar-refractivity contribution in [1.29, 1.82) is 0 Å². The second-order valence-corrected chi connectivity index (χ2v) is 6.14. The average molecular weight is 379 g/mol. The van der Waals surface area contributed by atoms with E-state index < -0.39 is 24.2 Å². The lowest BCUT2D eigenvalue weighted by molar-refractivity contribution is 0.136. The van der Waals surface area contributed by atoms with Crippen molar-refractivity contribution in [3.63, 3.8) is 0 Å². The fraction of sp³-hybridized carbons (Fsp3) is 0.211. The first-order valence-corrected chi connectivity index (χ1v) is 8.08. The number of hydrogen-bond acceptors (Lipinski definition) is 3. The quantitative estimate of drug-likeness (QED) is 0.498. The van der Waals surface area contributed by atoms with Gasteiger partial charge in [-0.25, -0.2) is 17.6 Å². The van der Waals surface area contributed by atoms with Crippen LogP contribution in [0.2, 0.25) is 0 Å². The molecule has 3 rings (SSSR count). The zero-order valence-electron chi connectivity index (χ0n) is 14.5. The standard InChI is InChI=1S/C19H17F4N3O/c1-10-7-11(3-6-15(10)21)13-5-4-12(20)8-16(13)24-19(27)14-9-26(2)25-17(14)18(22)23/h3-9,18-19,24,27H,1-2H3. The zero-order valence-corrected chi connectivity index (χ0v) is 14.5. The lowest BCUT2D eigenvalue weighted by atomic mass is 10.0. The highest BCUT2D eigenvalue weighted by Gasteiger charge is 2.23. The monoisotopic (exact) mass is 379 g/mol. The Morgan fingerprint density at radius 2 is 1.85 bits per heavy atom. The van der Waals surface area contributed by atoms with Crippen LogP contribution in [-0.4, -0.2) is 14.9 Å². The summed E-state index contributed by atoms with van der Waals surface area (Å²) in [6.45, 7) is 1.59. The Hall–Kier alpha value is -2.87. The number of aliphatic hydroxyl groups excluding tert-OH is 1. The highest BCUT2D eigenvalue weighted by atomic mass is 19.3. The van der Waals surface area contributed by atoms with Gasteiger partial charge in [0.1, 0.15) is 17.3 Å². The molecule has 3 aromatic rings. The van der Waals surface area contributed by atoms with Gasteiger partial charge in [-0.3, -0.25) is 4.68 Å². The summed E-state index contributed by atoms with van der Waals surface area (Å²) in [4.78, 5) is 0. The first-order chi connectivity index (χ1) is 12.8. The first-order valence-electron chi connectivity index (χ1n) is 8.08. The van der Waals surface area contributed by atoms with Crippen molar-refractivity contribution in [3.8, 4) is 11.1 Å². The summed E-state index contributed by atoms with van der Waals surface area (Å²) in [5, 5.41) is 16.7. The summed E-state index contributed by atoms with van der Waals surface area (Å²) >= 11 is 0. The molecule has 2 aromatic carbocycles. The highest BCUT2D eigenvalue weighted by molar-refractivity contribution is 5.78. The van der Waals surface area contributed by atoms with Crippen molar-refractivity contribution in [3.05, 3.63) is 71.1 Å². The van der Waals surface area contributed by atoms with Crippen LogP contribution in [0.25, 0.3) is 11.1 Å². The molecule has 1 aromatic heterocycles. The molecule has 0 saturated heterocycles. The Bertz CT molecular complexity index is 972. The molecule has 27 heavy (non-hydrogen) atoms. The maximum atomic E-state index is 13.8. The van der Waals surface area contributed by atoms with Crippen molar-refractivity contribution in [2.45, 2.75) is 19.6 Å². The predicted octanol–water partition coefficient (Wildman–Crippen LogP) is 4.71. The lowest BCUT2D eigenvalue weighted by Gasteiger charge is -2.18. The molecule has 0 saturated carbocycles. The van der Waals surface area contributed by atoms with Crippen LogP contribution in [0, 0.1) is 18.6 Å². The molecule has 1 heterocycles. The maximum absolute atomic E-state index is 13.8. The van der Waals surface area contributed by atoms with Crippen LogP contribution in [0.4, 0.5) is 23.2 Å². The third-order valence-corrected chi connectivity index (χ3v) is 4.13. The van der Waals surface area contributed by atoms with Crippen LogP contribution in [0.1, 0.15) is 29.5 Å². The van der Waals surface area contributed by atoms with E-state index in [1.807, 2.05) is 0 Å². The number of rotatable bonds is 5. The molecule has 0 fully saturated rings. The van der Waals surface area contributed by atoms with Gasteiger partial charge in [0.2, 0.25) is 0 Å². The van der Waals surface area contributed by atoms with Crippen molar-refractivity contribution in [2.75, 3.05) is 5.32 Å². The smallest absolute Gasteiger partial charge is 0.282 e.